The van der Waals surface area contributed by atoms with Crippen LogP contribution in [0.5, 0.6) is 0 Å². The highest BCUT2D eigenvalue weighted by atomic mass is 127. The largest absolute Gasteiger partial charge is 0.309 e. The number of rotatable bonds is 5. The number of hydrogen-bond acceptors (Lipinski definition) is 1. The quantitative estimate of drug-likeness (QED) is 0.631. The lowest BCUT2D eigenvalue weighted by molar-refractivity contribution is 0.538. The molecular weight excluding hydrogens is 328 g/mol. The lowest BCUT2D eigenvalue weighted by Crippen LogP contribution is -2.22. The summed E-state index contributed by atoms with van der Waals surface area (Å²) in [4.78, 5) is 0. The van der Waals surface area contributed by atoms with E-state index in [4.69, 9.17) is 0 Å². The Bertz CT molecular complexity index is 420. The predicted octanol–water partition coefficient (Wildman–Crippen LogP) is 3.88. The zero-order chi connectivity index (χ0) is 12.7. The maximum Gasteiger partial charge on any atom is 0.124 e. The van der Waals surface area contributed by atoms with E-state index in [-0.39, 0.29) is 11.9 Å². The summed E-state index contributed by atoms with van der Waals surface area (Å²) >= 11 is 2.18. The van der Waals surface area contributed by atoms with Crippen molar-refractivity contribution >= 4 is 22.6 Å². The maximum atomic E-state index is 13.1. The maximum absolute atomic E-state index is 13.1. The third-order valence-corrected chi connectivity index (χ3v) is 3.40. The monoisotopic (exact) mass is 345 g/mol. The molecule has 0 radical (unpaired) electrons. The second-order valence-electron chi connectivity index (χ2n) is 3.80. The molecule has 1 unspecified atom stereocenters. The molecule has 17 heavy (non-hydrogen) atoms. The molecule has 0 heterocycles. The molecule has 0 saturated heterocycles. The second kappa shape index (κ2) is 7.67. The highest BCUT2D eigenvalue weighted by Crippen LogP contribution is 2.23. The van der Waals surface area contributed by atoms with E-state index < -0.39 is 0 Å². The fourth-order valence-corrected chi connectivity index (χ4v) is 2.45. The molecule has 0 aliphatic carbocycles. The van der Waals surface area contributed by atoms with Gasteiger partial charge in [-0.05, 0) is 60.2 Å². The van der Waals surface area contributed by atoms with Crippen molar-refractivity contribution in [1.82, 2.24) is 5.32 Å². The van der Waals surface area contributed by atoms with E-state index in [0.717, 1.165) is 28.5 Å². The van der Waals surface area contributed by atoms with Gasteiger partial charge in [0.2, 0.25) is 0 Å². The summed E-state index contributed by atoms with van der Waals surface area (Å²) in [7, 11) is 0. The fraction of sp³-hybridized carbons (Fsp3) is 0.429. The molecular formula is C14H17FIN. The molecule has 1 N–H and O–H groups in total. The Morgan fingerprint density at radius 1 is 1.47 bits per heavy atom. The highest BCUT2D eigenvalue weighted by molar-refractivity contribution is 14.1. The fourth-order valence-electron chi connectivity index (χ4n) is 1.60. The lowest BCUT2D eigenvalue weighted by Gasteiger charge is -2.18. The molecule has 0 aromatic heterocycles. The molecule has 3 heteroatoms. The second-order valence-corrected chi connectivity index (χ2v) is 4.97. The first-order chi connectivity index (χ1) is 8.19. The molecule has 1 atom stereocenters. The lowest BCUT2D eigenvalue weighted by atomic mass is 10.0. The summed E-state index contributed by atoms with van der Waals surface area (Å²) in [5, 5.41) is 3.45. The molecule has 0 fully saturated rings. The molecule has 1 aromatic carbocycles. The van der Waals surface area contributed by atoms with Crippen molar-refractivity contribution in [3.63, 3.8) is 0 Å². The van der Waals surface area contributed by atoms with Crippen LogP contribution in [0.25, 0.3) is 0 Å². The van der Waals surface area contributed by atoms with Gasteiger partial charge in [-0.25, -0.2) is 4.39 Å². The van der Waals surface area contributed by atoms with Crippen molar-refractivity contribution in [2.45, 2.75) is 32.7 Å². The summed E-state index contributed by atoms with van der Waals surface area (Å²) in [6.07, 6.45) is 1.84. The van der Waals surface area contributed by atoms with E-state index in [1.165, 1.54) is 6.07 Å². The van der Waals surface area contributed by atoms with Crippen LogP contribution in [-0.2, 0) is 0 Å². The summed E-state index contributed by atoms with van der Waals surface area (Å²) in [6.45, 7) is 4.92. The minimum atomic E-state index is -0.186. The SMILES string of the molecule is CC#CCC(NCCC)c1ccc(F)cc1I. The molecule has 0 aliphatic rings. The van der Waals surface area contributed by atoms with Gasteiger partial charge < -0.3 is 5.32 Å². The van der Waals surface area contributed by atoms with Crippen molar-refractivity contribution in [1.29, 1.82) is 0 Å². The first kappa shape index (κ1) is 14.5. The molecule has 1 rings (SSSR count). The average molecular weight is 345 g/mol. The molecule has 92 valence electrons. The molecule has 0 spiro atoms. The van der Waals surface area contributed by atoms with E-state index in [0.29, 0.717) is 0 Å². The first-order valence-corrected chi connectivity index (χ1v) is 6.84. The van der Waals surface area contributed by atoms with Gasteiger partial charge in [-0.15, -0.1) is 11.8 Å². The van der Waals surface area contributed by atoms with Crippen molar-refractivity contribution < 1.29 is 4.39 Å². The van der Waals surface area contributed by atoms with Crippen LogP contribution >= 0.6 is 22.6 Å². The van der Waals surface area contributed by atoms with Crippen LogP contribution in [0.2, 0.25) is 0 Å². The van der Waals surface area contributed by atoms with Crippen LogP contribution in [-0.4, -0.2) is 6.54 Å². The molecule has 1 nitrogen and oxygen atoms in total. The van der Waals surface area contributed by atoms with E-state index in [1.54, 1.807) is 6.07 Å². The van der Waals surface area contributed by atoms with Crippen LogP contribution in [0.15, 0.2) is 18.2 Å². The number of nitrogens with one attached hydrogen (secondary N) is 1. The van der Waals surface area contributed by atoms with Crippen LogP contribution in [0.1, 0.15) is 38.3 Å². The van der Waals surface area contributed by atoms with Crippen LogP contribution in [0, 0.1) is 21.2 Å². The Balaban J connectivity index is 2.89. The Morgan fingerprint density at radius 3 is 2.82 bits per heavy atom. The van der Waals surface area contributed by atoms with Gasteiger partial charge in [-0.1, -0.05) is 13.0 Å². The Hall–Kier alpha value is -0.600. The molecule has 1 aromatic rings. The van der Waals surface area contributed by atoms with Gasteiger partial charge in [-0.3, -0.25) is 0 Å². The Labute approximate surface area is 116 Å². The van der Waals surface area contributed by atoms with Crippen LogP contribution < -0.4 is 5.32 Å². The highest BCUT2D eigenvalue weighted by Gasteiger charge is 2.13. The molecule has 0 amide bonds. The summed E-state index contributed by atoms with van der Waals surface area (Å²) in [5.41, 5.74) is 1.13. The topological polar surface area (TPSA) is 12.0 Å². The van der Waals surface area contributed by atoms with Crippen molar-refractivity contribution in [3.8, 4) is 11.8 Å². The predicted molar refractivity (Wildman–Crippen MR) is 78.2 cm³/mol. The molecule has 0 saturated carbocycles. The van der Waals surface area contributed by atoms with Crippen molar-refractivity contribution in [2.75, 3.05) is 6.54 Å². The Kier molecular flexibility index (Phi) is 6.53. The third kappa shape index (κ3) is 4.64. The summed E-state index contributed by atoms with van der Waals surface area (Å²) in [6, 6.07) is 5.12. The van der Waals surface area contributed by atoms with Gasteiger partial charge in [0, 0.05) is 16.0 Å². The Morgan fingerprint density at radius 2 is 2.24 bits per heavy atom. The van der Waals surface area contributed by atoms with E-state index in [1.807, 2.05) is 13.0 Å². The number of benzene rings is 1. The van der Waals surface area contributed by atoms with Gasteiger partial charge in [0.15, 0.2) is 0 Å². The van der Waals surface area contributed by atoms with Gasteiger partial charge >= 0.3 is 0 Å². The van der Waals surface area contributed by atoms with Gasteiger partial charge in [0.25, 0.3) is 0 Å². The summed E-state index contributed by atoms with van der Waals surface area (Å²) < 4.78 is 14.0. The molecule has 0 aliphatic heterocycles. The third-order valence-electron chi connectivity index (χ3n) is 2.46. The van der Waals surface area contributed by atoms with Crippen LogP contribution in [0.3, 0.4) is 0 Å². The van der Waals surface area contributed by atoms with Gasteiger partial charge in [0.1, 0.15) is 5.82 Å². The zero-order valence-corrected chi connectivity index (χ0v) is 12.3. The number of halogens is 2. The summed E-state index contributed by atoms with van der Waals surface area (Å²) in [5.74, 6) is 5.81. The zero-order valence-electron chi connectivity index (χ0n) is 10.2. The standard InChI is InChI=1S/C14H17FIN/c1-3-5-6-14(17-9-4-2)12-8-7-11(15)10-13(12)16/h7-8,10,14,17H,4,6,9H2,1-2H3. The first-order valence-electron chi connectivity index (χ1n) is 5.77. The smallest absolute Gasteiger partial charge is 0.124 e. The normalized spacial score (nSPS) is 11.8. The van der Waals surface area contributed by atoms with E-state index >= 15 is 0 Å². The van der Waals surface area contributed by atoms with E-state index in [9.17, 15) is 4.39 Å². The van der Waals surface area contributed by atoms with Gasteiger partial charge in [0.05, 0.1) is 0 Å². The van der Waals surface area contributed by atoms with Gasteiger partial charge in [-0.2, -0.15) is 0 Å². The minimum absolute atomic E-state index is 0.186. The van der Waals surface area contributed by atoms with Crippen LogP contribution in [0.4, 0.5) is 4.39 Å². The molecule has 0 bridgehead atoms. The van der Waals surface area contributed by atoms with Crippen molar-refractivity contribution in [2.24, 2.45) is 0 Å². The average Bonchev–Trinajstić information content (AvgIpc) is 2.30. The number of hydrogen-bond donors (Lipinski definition) is 1. The van der Waals surface area contributed by atoms with Crippen molar-refractivity contribution in [3.05, 3.63) is 33.1 Å². The minimum Gasteiger partial charge on any atom is -0.309 e. The van der Waals surface area contributed by atoms with E-state index in [2.05, 4.69) is 46.7 Å².